The molecule has 2 aliphatic rings. The lowest BCUT2D eigenvalue weighted by Gasteiger charge is -2.23. The summed E-state index contributed by atoms with van der Waals surface area (Å²) in [4.78, 5) is 0. The van der Waals surface area contributed by atoms with Gasteiger partial charge in [0.05, 0.1) is 6.04 Å². The molecule has 6 heteroatoms. The maximum absolute atomic E-state index is 14.3. The van der Waals surface area contributed by atoms with Crippen molar-refractivity contribution in [3.05, 3.63) is 35.9 Å². The van der Waals surface area contributed by atoms with Crippen molar-refractivity contribution in [2.75, 3.05) is 0 Å². The van der Waals surface area contributed by atoms with E-state index in [1.165, 1.54) is 0 Å². The minimum Gasteiger partial charge on any atom is -0.609 e. The van der Waals surface area contributed by atoms with Crippen LogP contribution in [0, 0.1) is 0 Å². The normalized spacial score (nSPS) is 29.9. The smallest absolute Gasteiger partial charge is 0.335 e. The van der Waals surface area contributed by atoms with E-state index in [1.54, 1.807) is 5.01 Å². The maximum Gasteiger partial charge on any atom is 0.335 e. The third kappa shape index (κ3) is 2.62. The van der Waals surface area contributed by atoms with Gasteiger partial charge in [0, 0.05) is 17.6 Å². The van der Waals surface area contributed by atoms with Gasteiger partial charge in [-0.15, -0.1) is 5.10 Å². The third-order valence-corrected chi connectivity index (χ3v) is 5.45. The van der Waals surface area contributed by atoms with Crippen LogP contribution in [0.15, 0.2) is 35.4 Å². The van der Waals surface area contributed by atoms with Crippen molar-refractivity contribution < 1.29 is 8.94 Å². The zero-order valence-electron chi connectivity index (χ0n) is 12.4. The van der Waals surface area contributed by atoms with Crippen LogP contribution in [-0.4, -0.2) is 31.8 Å². The molecule has 0 aromatic heterocycles. The molecule has 1 fully saturated rings. The van der Waals surface area contributed by atoms with Gasteiger partial charge < -0.3 is 9.87 Å². The third-order valence-electron chi connectivity index (χ3n) is 3.79. The summed E-state index contributed by atoms with van der Waals surface area (Å²) in [5.41, 5.74) is 1.04. The number of nitrogens with zero attached hydrogens (tertiary/aromatic N) is 2. The number of alkyl halides is 1. The topological polar surface area (TPSA) is 50.7 Å². The SMILES string of the molecule is CC(C)(C)[S+]([O-])C1=NN2C(N1)[C@@H](F)C[C@H]2c1ccccc1. The fourth-order valence-corrected chi connectivity index (χ4v) is 3.68. The Morgan fingerprint density at radius 2 is 2.00 bits per heavy atom. The molecule has 0 bridgehead atoms. The Labute approximate surface area is 127 Å². The fraction of sp³-hybridized carbons (Fsp3) is 0.533. The Hall–Kier alpha value is -1.27. The molecule has 0 saturated carbocycles. The van der Waals surface area contributed by atoms with Gasteiger partial charge >= 0.3 is 5.17 Å². The lowest BCUT2D eigenvalue weighted by molar-refractivity contribution is 0.180. The van der Waals surface area contributed by atoms with Crippen LogP contribution in [0.4, 0.5) is 4.39 Å². The molecule has 21 heavy (non-hydrogen) atoms. The molecule has 0 radical (unpaired) electrons. The first-order chi connectivity index (χ1) is 9.88. The number of hydrazone groups is 1. The molecule has 114 valence electrons. The van der Waals surface area contributed by atoms with Crippen molar-refractivity contribution in [1.82, 2.24) is 10.3 Å². The van der Waals surface area contributed by atoms with Crippen molar-refractivity contribution in [3.63, 3.8) is 0 Å². The zero-order chi connectivity index (χ0) is 15.2. The second-order valence-corrected chi connectivity index (χ2v) is 8.58. The van der Waals surface area contributed by atoms with Gasteiger partial charge in [-0.05, 0) is 26.3 Å². The molecule has 0 amide bonds. The van der Waals surface area contributed by atoms with Crippen molar-refractivity contribution in [2.24, 2.45) is 5.10 Å². The van der Waals surface area contributed by atoms with Crippen LogP contribution in [0.2, 0.25) is 0 Å². The zero-order valence-corrected chi connectivity index (χ0v) is 13.2. The quantitative estimate of drug-likeness (QED) is 0.811. The lowest BCUT2D eigenvalue weighted by atomic mass is 10.1. The maximum atomic E-state index is 14.3. The highest BCUT2D eigenvalue weighted by molar-refractivity contribution is 8.07. The molecule has 0 spiro atoms. The molecular formula is C15H20FN3OS. The van der Waals surface area contributed by atoms with Crippen molar-refractivity contribution in [1.29, 1.82) is 0 Å². The number of amidine groups is 1. The van der Waals surface area contributed by atoms with Gasteiger partial charge in [-0.3, -0.25) is 5.01 Å². The monoisotopic (exact) mass is 309 g/mol. The molecule has 1 aromatic carbocycles. The van der Waals surface area contributed by atoms with Crippen LogP contribution in [0.1, 0.15) is 38.8 Å². The number of nitrogens with one attached hydrogen (secondary N) is 1. The molecule has 1 saturated heterocycles. The van der Waals surface area contributed by atoms with Crippen LogP contribution in [-0.2, 0) is 11.2 Å². The molecular weight excluding hydrogens is 289 g/mol. The Kier molecular flexibility index (Phi) is 3.61. The highest BCUT2D eigenvalue weighted by Crippen LogP contribution is 2.40. The van der Waals surface area contributed by atoms with Crippen LogP contribution >= 0.6 is 0 Å². The minimum atomic E-state index is -1.28. The Bertz CT molecular complexity index is 546. The highest BCUT2D eigenvalue weighted by Gasteiger charge is 2.49. The van der Waals surface area contributed by atoms with Gasteiger partial charge in [-0.1, -0.05) is 30.3 Å². The Morgan fingerprint density at radius 1 is 1.33 bits per heavy atom. The van der Waals surface area contributed by atoms with Crippen LogP contribution < -0.4 is 5.32 Å². The molecule has 2 heterocycles. The first-order valence-corrected chi connectivity index (χ1v) is 8.27. The van der Waals surface area contributed by atoms with Gasteiger partial charge in [0.15, 0.2) is 6.17 Å². The van der Waals surface area contributed by atoms with E-state index in [-0.39, 0.29) is 6.04 Å². The van der Waals surface area contributed by atoms with Gasteiger partial charge in [0.25, 0.3) is 0 Å². The number of hydrogen-bond acceptors (Lipinski definition) is 4. The first-order valence-electron chi connectivity index (χ1n) is 7.12. The summed E-state index contributed by atoms with van der Waals surface area (Å²) in [6.07, 6.45) is -1.12. The largest absolute Gasteiger partial charge is 0.609 e. The molecule has 3 rings (SSSR count). The summed E-state index contributed by atoms with van der Waals surface area (Å²) in [6.45, 7) is 5.66. The summed E-state index contributed by atoms with van der Waals surface area (Å²) in [6, 6.07) is 9.68. The summed E-state index contributed by atoms with van der Waals surface area (Å²) >= 11 is -1.28. The predicted octanol–water partition coefficient (Wildman–Crippen LogP) is 2.52. The lowest BCUT2D eigenvalue weighted by Crippen LogP contribution is -2.45. The van der Waals surface area contributed by atoms with Gasteiger partial charge in [0.1, 0.15) is 10.9 Å². The molecule has 1 aromatic rings. The van der Waals surface area contributed by atoms with E-state index >= 15 is 0 Å². The van der Waals surface area contributed by atoms with Crippen LogP contribution in [0.3, 0.4) is 0 Å². The number of benzene rings is 1. The van der Waals surface area contributed by atoms with E-state index in [1.807, 2.05) is 51.1 Å². The first kappa shape index (κ1) is 14.7. The van der Waals surface area contributed by atoms with Gasteiger partial charge in [0.2, 0.25) is 0 Å². The fourth-order valence-electron chi connectivity index (χ4n) is 2.70. The van der Waals surface area contributed by atoms with Gasteiger partial charge in [-0.2, -0.15) is 0 Å². The van der Waals surface area contributed by atoms with E-state index < -0.39 is 28.3 Å². The van der Waals surface area contributed by atoms with E-state index in [0.29, 0.717) is 11.6 Å². The summed E-state index contributed by atoms with van der Waals surface area (Å²) in [5.74, 6) is 0. The minimum absolute atomic E-state index is 0.104. The average molecular weight is 309 g/mol. The number of hydrogen-bond donors (Lipinski definition) is 1. The summed E-state index contributed by atoms with van der Waals surface area (Å²) in [7, 11) is 0. The number of rotatable bonds is 1. The summed E-state index contributed by atoms with van der Waals surface area (Å²) in [5, 5.41) is 9.55. The Balaban J connectivity index is 1.87. The van der Waals surface area contributed by atoms with Crippen LogP contribution in [0.25, 0.3) is 0 Å². The number of fused-ring (bicyclic) bond motifs is 1. The molecule has 4 atom stereocenters. The highest BCUT2D eigenvalue weighted by atomic mass is 32.2. The molecule has 0 aliphatic carbocycles. The molecule has 2 unspecified atom stereocenters. The molecule has 4 nitrogen and oxygen atoms in total. The average Bonchev–Trinajstić information content (AvgIpc) is 2.99. The van der Waals surface area contributed by atoms with E-state index in [0.717, 1.165) is 5.56 Å². The molecule has 2 aliphatic heterocycles. The van der Waals surface area contributed by atoms with Crippen molar-refractivity contribution >= 4 is 16.3 Å². The van der Waals surface area contributed by atoms with E-state index in [9.17, 15) is 8.94 Å². The second kappa shape index (κ2) is 5.18. The second-order valence-electron chi connectivity index (χ2n) is 6.43. The number of halogens is 1. The van der Waals surface area contributed by atoms with Gasteiger partial charge in [-0.25, -0.2) is 4.39 Å². The molecule has 1 N–H and O–H groups in total. The van der Waals surface area contributed by atoms with E-state index in [4.69, 9.17) is 0 Å². The summed E-state index contributed by atoms with van der Waals surface area (Å²) < 4.78 is 26.3. The van der Waals surface area contributed by atoms with Crippen molar-refractivity contribution in [3.8, 4) is 0 Å². The predicted molar refractivity (Wildman–Crippen MR) is 82.8 cm³/mol. The standard InChI is InChI=1S/C15H20FN3OS/c1-15(2,3)21(20)14-17-13-11(16)9-12(19(13)18-14)10-7-5-4-6-8-10/h4-8,11-13H,9H2,1-3H3,(H,17,18)/t11-,12-,13?,21?/m0/s1. The van der Waals surface area contributed by atoms with E-state index in [2.05, 4.69) is 10.4 Å². The van der Waals surface area contributed by atoms with Crippen molar-refractivity contribution in [2.45, 2.75) is 50.3 Å². The van der Waals surface area contributed by atoms with Crippen LogP contribution in [0.5, 0.6) is 0 Å². The Morgan fingerprint density at radius 3 is 2.62 bits per heavy atom.